The van der Waals surface area contributed by atoms with Crippen molar-refractivity contribution in [2.24, 2.45) is 0 Å². The summed E-state index contributed by atoms with van der Waals surface area (Å²) in [4.78, 5) is 12.4. The fourth-order valence-corrected chi connectivity index (χ4v) is 4.90. The van der Waals surface area contributed by atoms with E-state index >= 15 is 0 Å². The Morgan fingerprint density at radius 2 is 2.04 bits per heavy atom. The van der Waals surface area contributed by atoms with Gasteiger partial charge < -0.3 is 10.1 Å². The highest BCUT2D eigenvalue weighted by Gasteiger charge is 2.27. The first kappa shape index (κ1) is 18.1. The van der Waals surface area contributed by atoms with Gasteiger partial charge in [-0.1, -0.05) is 6.92 Å². The monoisotopic (exact) mass is 358 g/mol. The summed E-state index contributed by atoms with van der Waals surface area (Å²) in [7, 11) is -2.12. The fourth-order valence-electron chi connectivity index (χ4n) is 2.29. The van der Waals surface area contributed by atoms with Gasteiger partial charge in [0.1, 0.15) is 5.75 Å². The molecule has 6 nitrogen and oxygen atoms in total. The molecule has 0 aliphatic carbocycles. The van der Waals surface area contributed by atoms with Gasteiger partial charge in [-0.2, -0.15) is 16.1 Å². The lowest BCUT2D eigenvalue weighted by atomic mass is 10.2. The maximum Gasteiger partial charge on any atom is 0.255 e. The molecule has 0 aromatic heterocycles. The number of carbonyl (C=O) groups excluding carboxylic acids is 1. The molecule has 2 rings (SSSR count). The molecule has 0 spiro atoms. The zero-order chi connectivity index (χ0) is 16.9. The van der Waals surface area contributed by atoms with Crippen LogP contribution in [0.5, 0.6) is 5.75 Å². The van der Waals surface area contributed by atoms with Crippen molar-refractivity contribution < 1.29 is 17.9 Å². The Hall–Kier alpha value is -1.25. The molecule has 1 aromatic carbocycles. The van der Waals surface area contributed by atoms with Gasteiger partial charge in [-0.05, 0) is 24.6 Å². The number of nitrogens with one attached hydrogen (secondary N) is 1. The number of carbonyl (C=O) groups is 1. The summed E-state index contributed by atoms with van der Waals surface area (Å²) < 4.78 is 32.1. The predicted octanol–water partition coefficient (Wildman–Crippen LogP) is 1.57. The Balaban J connectivity index is 2.34. The lowest BCUT2D eigenvalue weighted by Crippen LogP contribution is -2.38. The molecule has 1 saturated heterocycles. The van der Waals surface area contributed by atoms with Crippen LogP contribution in [-0.4, -0.2) is 56.9 Å². The zero-order valence-corrected chi connectivity index (χ0v) is 15.0. The van der Waals surface area contributed by atoms with E-state index in [2.05, 4.69) is 5.32 Å². The van der Waals surface area contributed by atoms with Crippen LogP contribution >= 0.6 is 11.8 Å². The fraction of sp³-hybridized carbons (Fsp3) is 0.533. The Morgan fingerprint density at radius 3 is 2.65 bits per heavy atom. The number of hydrogen-bond donors (Lipinski definition) is 1. The van der Waals surface area contributed by atoms with Gasteiger partial charge in [0.05, 0.1) is 17.6 Å². The molecule has 1 N–H and O–H groups in total. The quantitative estimate of drug-likeness (QED) is 0.835. The van der Waals surface area contributed by atoms with E-state index in [-0.39, 0.29) is 16.4 Å². The van der Waals surface area contributed by atoms with E-state index in [0.29, 0.717) is 25.4 Å². The number of rotatable bonds is 6. The van der Waals surface area contributed by atoms with Gasteiger partial charge >= 0.3 is 0 Å². The summed E-state index contributed by atoms with van der Waals surface area (Å²) in [5.41, 5.74) is 0.244. The van der Waals surface area contributed by atoms with Gasteiger partial charge in [-0.3, -0.25) is 4.79 Å². The van der Waals surface area contributed by atoms with Crippen LogP contribution < -0.4 is 10.1 Å². The lowest BCUT2D eigenvalue weighted by Gasteiger charge is -2.25. The average Bonchev–Trinajstić information content (AvgIpc) is 2.59. The van der Waals surface area contributed by atoms with Crippen molar-refractivity contribution in [1.29, 1.82) is 0 Å². The summed E-state index contributed by atoms with van der Waals surface area (Å²) in [5, 5.41) is 2.75. The largest absolute Gasteiger partial charge is 0.496 e. The molecule has 0 bridgehead atoms. The molecule has 1 heterocycles. The number of amides is 1. The summed E-state index contributed by atoms with van der Waals surface area (Å²) in [6.45, 7) is 3.47. The Labute approximate surface area is 141 Å². The number of nitrogens with zero attached hydrogens (tertiary/aromatic N) is 1. The molecule has 0 unspecified atom stereocenters. The third-order valence-corrected chi connectivity index (χ3v) is 6.40. The third-order valence-electron chi connectivity index (χ3n) is 3.56. The minimum absolute atomic E-state index is 0.131. The van der Waals surface area contributed by atoms with Crippen LogP contribution in [0.2, 0.25) is 0 Å². The molecule has 1 aliphatic rings. The SMILES string of the molecule is CCCNC(=O)c1cc(S(=O)(=O)N2CCSCC2)ccc1OC. The van der Waals surface area contributed by atoms with E-state index in [1.807, 2.05) is 6.92 Å². The summed E-state index contributed by atoms with van der Waals surface area (Å²) >= 11 is 1.74. The van der Waals surface area contributed by atoms with Crippen LogP contribution in [0.15, 0.2) is 23.1 Å². The van der Waals surface area contributed by atoms with Gasteiger partial charge in [0.25, 0.3) is 5.91 Å². The first-order valence-electron chi connectivity index (χ1n) is 7.55. The second kappa shape index (κ2) is 8.03. The van der Waals surface area contributed by atoms with Crippen molar-refractivity contribution in [2.45, 2.75) is 18.2 Å². The van der Waals surface area contributed by atoms with E-state index in [0.717, 1.165) is 17.9 Å². The Kier molecular flexibility index (Phi) is 6.32. The van der Waals surface area contributed by atoms with Crippen LogP contribution in [0.4, 0.5) is 0 Å². The Morgan fingerprint density at radius 1 is 1.35 bits per heavy atom. The lowest BCUT2D eigenvalue weighted by molar-refractivity contribution is 0.0950. The number of hydrogen-bond acceptors (Lipinski definition) is 5. The second-order valence-corrected chi connectivity index (χ2v) is 8.30. The number of ether oxygens (including phenoxy) is 1. The van der Waals surface area contributed by atoms with Crippen molar-refractivity contribution in [2.75, 3.05) is 38.2 Å². The molecule has 0 atom stereocenters. The number of benzene rings is 1. The molecular formula is C15H22N2O4S2. The number of sulfonamides is 1. The summed E-state index contributed by atoms with van der Waals surface area (Å²) in [5.74, 6) is 1.63. The normalized spacial score (nSPS) is 16.1. The first-order valence-corrected chi connectivity index (χ1v) is 10.1. The highest BCUT2D eigenvalue weighted by Crippen LogP contribution is 2.26. The van der Waals surface area contributed by atoms with E-state index in [1.165, 1.54) is 29.6 Å². The van der Waals surface area contributed by atoms with Crippen LogP contribution in [-0.2, 0) is 10.0 Å². The van der Waals surface area contributed by atoms with Gasteiger partial charge in [0.2, 0.25) is 10.0 Å². The van der Waals surface area contributed by atoms with E-state index in [9.17, 15) is 13.2 Å². The Bertz CT molecular complexity index is 655. The summed E-state index contributed by atoms with van der Waals surface area (Å²) in [6.07, 6.45) is 0.803. The molecule has 128 valence electrons. The van der Waals surface area contributed by atoms with E-state index < -0.39 is 10.0 Å². The highest BCUT2D eigenvalue weighted by molar-refractivity contribution is 7.99. The van der Waals surface area contributed by atoms with Crippen molar-refractivity contribution in [1.82, 2.24) is 9.62 Å². The van der Waals surface area contributed by atoms with Crippen molar-refractivity contribution in [3.63, 3.8) is 0 Å². The summed E-state index contributed by atoms with van der Waals surface area (Å²) in [6, 6.07) is 4.43. The van der Waals surface area contributed by atoms with Gasteiger partial charge in [0, 0.05) is 31.1 Å². The molecule has 8 heteroatoms. The van der Waals surface area contributed by atoms with Gasteiger partial charge in [-0.25, -0.2) is 8.42 Å². The molecule has 23 heavy (non-hydrogen) atoms. The number of thioether (sulfide) groups is 1. The molecular weight excluding hydrogens is 336 g/mol. The molecule has 1 amide bonds. The van der Waals surface area contributed by atoms with E-state index in [4.69, 9.17) is 4.74 Å². The molecule has 0 saturated carbocycles. The molecule has 0 radical (unpaired) electrons. The van der Waals surface area contributed by atoms with E-state index in [1.54, 1.807) is 11.8 Å². The smallest absolute Gasteiger partial charge is 0.255 e. The third kappa shape index (κ3) is 4.19. The van der Waals surface area contributed by atoms with Crippen LogP contribution in [0.25, 0.3) is 0 Å². The minimum atomic E-state index is -3.58. The highest BCUT2D eigenvalue weighted by atomic mass is 32.2. The zero-order valence-electron chi connectivity index (χ0n) is 13.4. The maximum absolute atomic E-state index is 12.7. The van der Waals surface area contributed by atoms with Crippen molar-refractivity contribution in [3.8, 4) is 5.75 Å². The van der Waals surface area contributed by atoms with Crippen LogP contribution in [0.3, 0.4) is 0 Å². The molecule has 1 aliphatic heterocycles. The molecule has 1 aromatic rings. The standard InChI is InChI=1S/C15H22N2O4S2/c1-3-6-16-15(18)13-11-12(4-5-14(13)21-2)23(19,20)17-7-9-22-10-8-17/h4-5,11H,3,6-10H2,1-2H3,(H,16,18). The average molecular weight is 358 g/mol. The maximum atomic E-state index is 12.7. The molecule has 1 fully saturated rings. The number of methoxy groups -OCH3 is 1. The van der Waals surface area contributed by atoms with Gasteiger partial charge in [0.15, 0.2) is 0 Å². The van der Waals surface area contributed by atoms with Crippen molar-refractivity contribution in [3.05, 3.63) is 23.8 Å². The minimum Gasteiger partial charge on any atom is -0.496 e. The van der Waals surface area contributed by atoms with Crippen LogP contribution in [0.1, 0.15) is 23.7 Å². The second-order valence-electron chi connectivity index (χ2n) is 5.13. The first-order chi connectivity index (χ1) is 11.0. The predicted molar refractivity (Wildman–Crippen MR) is 91.7 cm³/mol. The topological polar surface area (TPSA) is 75.7 Å². The van der Waals surface area contributed by atoms with Crippen LogP contribution in [0, 0.1) is 0 Å². The van der Waals surface area contributed by atoms with Gasteiger partial charge in [-0.15, -0.1) is 0 Å². The van der Waals surface area contributed by atoms with Crippen molar-refractivity contribution >= 4 is 27.7 Å².